The number of aromatic carboxylic acids is 1. The van der Waals surface area contributed by atoms with E-state index >= 15 is 0 Å². The Labute approximate surface area is 112 Å². The molecule has 1 fully saturated rings. The molecule has 1 saturated heterocycles. The van der Waals surface area contributed by atoms with Crippen LogP contribution in [0.3, 0.4) is 0 Å². The molecule has 0 saturated carbocycles. The number of hydrogen-bond acceptors (Lipinski definition) is 2. The van der Waals surface area contributed by atoms with E-state index in [0.717, 1.165) is 36.8 Å². The summed E-state index contributed by atoms with van der Waals surface area (Å²) in [7, 11) is 2.15. The number of carbonyl (C=O) groups is 1. The van der Waals surface area contributed by atoms with E-state index in [9.17, 15) is 4.79 Å². The number of benzene rings is 1. The highest BCUT2D eigenvalue weighted by molar-refractivity contribution is 5.95. The molecular formula is C15H18N2O2. The van der Waals surface area contributed by atoms with Gasteiger partial charge >= 0.3 is 5.97 Å². The van der Waals surface area contributed by atoms with Crippen molar-refractivity contribution in [1.82, 2.24) is 9.88 Å². The third-order valence-electron chi connectivity index (χ3n) is 4.09. The van der Waals surface area contributed by atoms with Crippen molar-refractivity contribution < 1.29 is 9.90 Å². The predicted molar refractivity (Wildman–Crippen MR) is 74.7 cm³/mol. The van der Waals surface area contributed by atoms with Gasteiger partial charge in [-0.2, -0.15) is 0 Å². The van der Waals surface area contributed by atoms with Crippen LogP contribution in [0.2, 0.25) is 0 Å². The maximum atomic E-state index is 11.1. The average molecular weight is 258 g/mol. The largest absolute Gasteiger partial charge is 0.477 e. The smallest absolute Gasteiger partial charge is 0.352 e. The lowest BCUT2D eigenvalue weighted by molar-refractivity contribution is 0.0691. The molecule has 0 unspecified atom stereocenters. The summed E-state index contributed by atoms with van der Waals surface area (Å²) in [6.45, 7) is 2.22. The van der Waals surface area contributed by atoms with E-state index < -0.39 is 5.97 Å². The second-order valence-corrected chi connectivity index (χ2v) is 5.37. The summed E-state index contributed by atoms with van der Waals surface area (Å²) in [5.74, 6) is -0.358. The van der Waals surface area contributed by atoms with Gasteiger partial charge in [-0.1, -0.05) is 12.1 Å². The first-order chi connectivity index (χ1) is 9.15. The van der Waals surface area contributed by atoms with Crippen molar-refractivity contribution in [2.75, 3.05) is 20.1 Å². The monoisotopic (exact) mass is 258 g/mol. The lowest BCUT2D eigenvalue weighted by Crippen LogP contribution is -2.29. The maximum Gasteiger partial charge on any atom is 0.352 e. The molecule has 3 rings (SSSR count). The Morgan fingerprint density at radius 2 is 2.11 bits per heavy atom. The van der Waals surface area contributed by atoms with E-state index in [4.69, 9.17) is 5.11 Å². The van der Waals surface area contributed by atoms with E-state index in [1.54, 1.807) is 6.07 Å². The number of carboxylic acid groups (broad SMARTS) is 1. The fraction of sp³-hybridized carbons (Fsp3) is 0.400. The molecule has 0 bridgehead atoms. The lowest BCUT2D eigenvalue weighted by Gasteiger charge is -2.29. The Morgan fingerprint density at radius 3 is 2.79 bits per heavy atom. The van der Waals surface area contributed by atoms with Gasteiger partial charge in [0, 0.05) is 10.9 Å². The standard InChI is InChI=1S/C15H18N2O2/c1-17-7-5-10(6-8-17)11-3-2-4-13-12(11)9-14(16-13)15(18)19/h2-4,9-10,16H,5-8H2,1H3,(H,18,19). The molecule has 1 aliphatic heterocycles. The van der Waals surface area contributed by atoms with Crippen molar-refractivity contribution >= 4 is 16.9 Å². The molecule has 2 aromatic rings. The van der Waals surface area contributed by atoms with Crippen LogP contribution in [0.25, 0.3) is 10.9 Å². The highest BCUT2D eigenvalue weighted by Crippen LogP contribution is 2.33. The zero-order valence-electron chi connectivity index (χ0n) is 11.0. The number of H-pyrrole nitrogens is 1. The van der Waals surface area contributed by atoms with E-state index in [1.807, 2.05) is 12.1 Å². The van der Waals surface area contributed by atoms with Gasteiger partial charge in [0.2, 0.25) is 0 Å². The molecule has 100 valence electrons. The lowest BCUT2D eigenvalue weighted by atomic mass is 9.87. The van der Waals surface area contributed by atoms with Crippen LogP contribution in [0.5, 0.6) is 0 Å². The van der Waals surface area contributed by atoms with Crippen LogP contribution in [-0.2, 0) is 0 Å². The SMILES string of the molecule is CN1CCC(c2cccc3[nH]c(C(=O)O)cc23)CC1. The third-order valence-corrected chi connectivity index (χ3v) is 4.09. The van der Waals surface area contributed by atoms with Gasteiger partial charge in [0.15, 0.2) is 0 Å². The second-order valence-electron chi connectivity index (χ2n) is 5.37. The molecule has 0 atom stereocenters. The number of rotatable bonds is 2. The minimum atomic E-state index is -0.898. The molecule has 0 aliphatic carbocycles. The van der Waals surface area contributed by atoms with Gasteiger partial charge in [0.05, 0.1) is 0 Å². The number of nitrogens with one attached hydrogen (secondary N) is 1. The number of nitrogens with zero attached hydrogens (tertiary/aromatic N) is 1. The van der Waals surface area contributed by atoms with Gasteiger partial charge in [0.25, 0.3) is 0 Å². The van der Waals surface area contributed by atoms with Crippen LogP contribution in [0, 0.1) is 0 Å². The van der Waals surface area contributed by atoms with Gasteiger partial charge < -0.3 is 15.0 Å². The third kappa shape index (κ3) is 2.24. The summed E-state index contributed by atoms with van der Waals surface area (Å²) in [6, 6.07) is 7.86. The molecule has 1 aliphatic rings. The number of aromatic amines is 1. The number of piperidine rings is 1. The zero-order valence-corrected chi connectivity index (χ0v) is 11.0. The first-order valence-corrected chi connectivity index (χ1v) is 6.68. The van der Waals surface area contributed by atoms with E-state index in [0.29, 0.717) is 5.92 Å². The summed E-state index contributed by atoms with van der Waals surface area (Å²) < 4.78 is 0. The Balaban J connectivity index is 2.01. The summed E-state index contributed by atoms with van der Waals surface area (Å²) in [6.07, 6.45) is 2.28. The topological polar surface area (TPSA) is 56.3 Å². The van der Waals surface area contributed by atoms with Crippen LogP contribution < -0.4 is 0 Å². The summed E-state index contributed by atoms with van der Waals surface area (Å²) in [5.41, 5.74) is 2.48. The predicted octanol–water partition coefficient (Wildman–Crippen LogP) is 2.68. The molecule has 0 radical (unpaired) electrons. The normalized spacial score (nSPS) is 17.9. The van der Waals surface area contributed by atoms with Crippen LogP contribution in [0.1, 0.15) is 34.8 Å². The Hall–Kier alpha value is -1.81. The molecule has 1 aromatic carbocycles. The molecule has 0 spiro atoms. The molecule has 2 heterocycles. The number of carboxylic acids is 1. The first-order valence-electron chi connectivity index (χ1n) is 6.68. The number of likely N-dealkylation sites (tertiary alicyclic amines) is 1. The van der Waals surface area contributed by atoms with Gasteiger partial charge in [-0.3, -0.25) is 0 Å². The van der Waals surface area contributed by atoms with Crippen molar-refractivity contribution in [3.05, 3.63) is 35.5 Å². The summed E-state index contributed by atoms with van der Waals surface area (Å²) in [5, 5.41) is 10.1. The Bertz CT molecular complexity index is 610. The number of hydrogen-bond donors (Lipinski definition) is 2. The molecule has 2 N–H and O–H groups in total. The number of fused-ring (bicyclic) bond motifs is 1. The fourth-order valence-electron chi connectivity index (χ4n) is 2.97. The summed E-state index contributed by atoms with van der Waals surface area (Å²) in [4.78, 5) is 16.4. The molecule has 1 aromatic heterocycles. The van der Waals surface area contributed by atoms with Crippen molar-refractivity contribution in [2.24, 2.45) is 0 Å². The minimum Gasteiger partial charge on any atom is -0.477 e. The maximum absolute atomic E-state index is 11.1. The van der Waals surface area contributed by atoms with Crippen molar-refractivity contribution in [1.29, 1.82) is 0 Å². The quantitative estimate of drug-likeness (QED) is 0.870. The van der Waals surface area contributed by atoms with Gasteiger partial charge in [0.1, 0.15) is 5.69 Å². The van der Waals surface area contributed by atoms with Gasteiger partial charge in [-0.25, -0.2) is 4.79 Å². The van der Waals surface area contributed by atoms with Crippen molar-refractivity contribution in [3.63, 3.8) is 0 Å². The second kappa shape index (κ2) is 4.70. The molecule has 4 nitrogen and oxygen atoms in total. The van der Waals surface area contributed by atoms with Crippen LogP contribution >= 0.6 is 0 Å². The highest BCUT2D eigenvalue weighted by Gasteiger charge is 2.21. The Kier molecular flexibility index (Phi) is 3.03. The summed E-state index contributed by atoms with van der Waals surface area (Å²) >= 11 is 0. The Morgan fingerprint density at radius 1 is 1.37 bits per heavy atom. The molecule has 4 heteroatoms. The van der Waals surface area contributed by atoms with Gasteiger partial charge in [-0.05, 0) is 56.6 Å². The fourth-order valence-corrected chi connectivity index (χ4v) is 2.97. The van der Waals surface area contributed by atoms with Crippen LogP contribution in [-0.4, -0.2) is 41.1 Å². The van der Waals surface area contributed by atoms with Gasteiger partial charge in [-0.15, -0.1) is 0 Å². The number of aromatic nitrogens is 1. The van der Waals surface area contributed by atoms with Crippen LogP contribution in [0.4, 0.5) is 0 Å². The van der Waals surface area contributed by atoms with E-state index in [1.165, 1.54) is 5.56 Å². The van der Waals surface area contributed by atoms with Crippen LogP contribution in [0.15, 0.2) is 24.3 Å². The molecular weight excluding hydrogens is 240 g/mol. The zero-order chi connectivity index (χ0) is 13.4. The van der Waals surface area contributed by atoms with Crippen molar-refractivity contribution in [2.45, 2.75) is 18.8 Å². The average Bonchev–Trinajstić information content (AvgIpc) is 2.83. The van der Waals surface area contributed by atoms with E-state index in [-0.39, 0.29) is 5.69 Å². The molecule has 19 heavy (non-hydrogen) atoms. The highest BCUT2D eigenvalue weighted by atomic mass is 16.4. The minimum absolute atomic E-state index is 0.273. The van der Waals surface area contributed by atoms with Crippen molar-refractivity contribution in [3.8, 4) is 0 Å². The first kappa shape index (κ1) is 12.2. The molecule has 0 amide bonds. The van der Waals surface area contributed by atoms with E-state index in [2.05, 4.69) is 23.0 Å².